The number of urea groups is 1. The third-order valence-corrected chi connectivity index (χ3v) is 7.76. The summed E-state index contributed by atoms with van der Waals surface area (Å²) >= 11 is 3.42. The van der Waals surface area contributed by atoms with Crippen LogP contribution in [-0.2, 0) is 22.6 Å². The van der Waals surface area contributed by atoms with E-state index in [1.807, 2.05) is 64.4 Å². The summed E-state index contributed by atoms with van der Waals surface area (Å²) in [5.74, 6) is -0.374. The number of hydrogen-bond acceptors (Lipinski definition) is 6. The van der Waals surface area contributed by atoms with Gasteiger partial charge >= 0.3 is 12.0 Å². The van der Waals surface area contributed by atoms with Crippen molar-refractivity contribution in [1.29, 1.82) is 0 Å². The highest BCUT2D eigenvalue weighted by Crippen LogP contribution is 2.27. The number of rotatable bonds is 12. The number of anilines is 2. The SMILES string of the molecule is COc1cc(CC(=O)N(CCN2CCN(CC(=O)O)CC2)Cc2ccccc2)ccc1NC(=O)Nc1ccccc1Br. The second kappa shape index (κ2) is 15.3. The highest BCUT2D eigenvalue weighted by atomic mass is 79.9. The molecular formula is C31H36BrN5O5. The van der Waals surface area contributed by atoms with E-state index >= 15 is 0 Å². The average Bonchev–Trinajstić information content (AvgIpc) is 2.98. The minimum absolute atomic E-state index is 0.0159. The second-order valence-electron chi connectivity index (χ2n) is 10.1. The topological polar surface area (TPSA) is 114 Å². The van der Waals surface area contributed by atoms with Gasteiger partial charge in [0.05, 0.1) is 31.5 Å². The van der Waals surface area contributed by atoms with Crippen molar-refractivity contribution in [2.24, 2.45) is 0 Å². The van der Waals surface area contributed by atoms with E-state index in [1.165, 1.54) is 7.11 Å². The monoisotopic (exact) mass is 637 g/mol. The molecule has 0 aliphatic carbocycles. The first-order chi connectivity index (χ1) is 20.3. The van der Waals surface area contributed by atoms with Crippen LogP contribution < -0.4 is 15.4 Å². The predicted octanol–water partition coefficient (Wildman–Crippen LogP) is 4.38. The lowest BCUT2D eigenvalue weighted by atomic mass is 10.1. The van der Waals surface area contributed by atoms with Gasteiger partial charge in [-0.2, -0.15) is 0 Å². The van der Waals surface area contributed by atoms with Crippen LogP contribution in [0.4, 0.5) is 16.2 Å². The Morgan fingerprint density at radius 1 is 0.881 bits per heavy atom. The predicted molar refractivity (Wildman–Crippen MR) is 166 cm³/mol. The van der Waals surface area contributed by atoms with Gasteiger partial charge in [0.1, 0.15) is 5.75 Å². The van der Waals surface area contributed by atoms with Gasteiger partial charge in [0.2, 0.25) is 5.91 Å². The lowest BCUT2D eigenvalue weighted by molar-refractivity contribution is -0.139. The normalized spacial score (nSPS) is 13.8. The molecule has 0 unspecified atom stereocenters. The van der Waals surface area contributed by atoms with E-state index in [0.717, 1.165) is 28.7 Å². The van der Waals surface area contributed by atoms with E-state index in [0.29, 0.717) is 49.8 Å². The average molecular weight is 639 g/mol. The number of para-hydroxylation sites is 1. The fraction of sp³-hybridized carbons (Fsp3) is 0.323. The molecule has 3 aromatic carbocycles. The van der Waals surface area contributed by atoms with Crippen LogP contribution in [0, 0.1) is 0 Å². The van der Waals surface area contributed by atoms with Crippen molar-refractivity contribution in [3.8, 4) is 5.75 Å². The van der Waals surface area contributed by atoms with Crippen LogP contribution in [0.2, 0.25) is 0 Å². The summed E-state index contributed by atoms with van der Waals surface area (Å²) in [6.07, 6.45) is 0.180. The zero-order valence-electron chi connectivity index (χ0n) is 23.6. The molecule has 1 aliphatic heterocycles. The van der Waals surface area contributed by atoms with Gasteiger partial charge in [-0.15, -0.1) is 0 Å². The molecule has 1 fully saturated rings. The molecule has 42 heavy (non-hydrogen) atoms. The summed E-state index contributed by atoms with van der Waals surface area (Å²) < 4.78 is 6.30. The summed E-state index contributed by atoms with van der Waals surface area (Å²) in [5, 5.41) is 14.7. The molecule has 11 heteroatoms. The Labute approximate surface area is 254 Å². The summed E-state index contributed by atoms with van der Waals surface area (Å²) in [7, 11) is 1.52. The van der Waals surface area contributed by atoms with Gasteiger partial charge in [-0.3, -0.25) is 19.4 Å². The lowest BCUT2D eigenvalue weighted by Gasteiger charge is -2.35. The fourth-order valence-electron chi connectivity index (χ4n) is 4.79. The van der Waals surface area contributed by atoms with E-state index in [9.17, 15) is 14.4 Å². The molecule has 0 bridgehead atoms. The van der Waals surface area contributed by atoms with Gasteiger partial charge in [-0.05, 0) is 51.3 Å². The highest BCUT2D eigenvalue weighted by Gasteiger charge is 2.21. The number of methoxy groups -OCH3 is 1. The smallest absolute Gasteiger partial charge is 0.323 e. The zero-order valence-corrected chi connectivity index (χ0v) is 25.2. The number of aliphatic carboxylic acids is 1. The molecule has 0 saturated carbocycles. The van der Waals surface area contributed by atoms with Crippen LogP contribution in [0.5, 0.6) is 5.75 Å². The maximum Gasteiger partial charge on any atom is 0.323 e. The zero-order chi connectivity index (χ0) is 29.9. The van der Waals surface area contributed by atoms with Gasteiger partial charge in [0.15, 0.2) is 0 Å². The molecular weight excluding hydrogens is 602 g/mol. The molecule has 1 heterocycles. The van der Waals surface area contributed by atoms with Crippen LogP contribution in [0.25, 0.3) is 0 Å². The standard InChI is InChI=1S/C31H36BrN5O5/c1-42-28-19-24(11-12-27(28)34-31(41)33-26-10-6-5-9-25(26)32)20-29(38)37(21-23-7-3-2-4-8-23)18-17-35-13-15-36(16-14-35)22-30(39)40/h2-12,19H,13-18,20-22H2,1H3,(H,39,40)(H2,33,34,41). The van der Waals surface area contributed by atoms with Crippen LogP contribution in [-0.4, -0.2) is 90.6 Å². The van der Waals surface area contributed by atoms with E-state index in [4.69, 9.17) is 9.84 Å². The number of amides is 3. The number of nitrogens with one attached hydrogen (secondary N) is 2. The summed E-state index contributed by atoms with van der Waals surface area (Å²) in [5.41, 5.74) is 2.94. The molecule has 4 rings (SSSR count). The molecule has 10 nitrogen and oxygen atoms in total. The summed E-state index contributed by atoms with van der Waals surface area (Å²) in [6, 6.07) is 22.1. The van der Waals surface area contributed by atoms with Crippen molar-refractivity contribution >= 4 is 45.2 Å². The number of carboxylic acid groups (broad SMARTS) is 1. The number of carbonyl (C=O) groups excluding carboxylic acids is 2. The fourth-order valence-corrected chi connectivity index (χ4v) is 5.18. The molecule has 0 spiro atoms. The first-order valence-electron chi connectivity index (χ1n) is 13.8. The van der Waals surface area contributed by atoms with E-state index < -0.39 is 12.0 Å². The molecule has 3 amide bonds. The maximum atomic E-state index is 13.6. The second-order valence-corrected chi connectivity index (χ2v) is 10.9. The molecule has 0 aromatic heterocycles. The molecule has 3 N–H and O–H groups in total. The lowest BCUT2D eigenvalue weighted by Crippen LogP contribution is -2.50. The van der Waals surface area contributed by atoms with Crippen molar-refractivity contribution in [1.82, 2.24) is 14.7 Å². The summed E-state index contributed by atoms with van der Waals surface area (Å²) in [6.45, 7) is 4.73. The number of piperazine rings is 1. The van der Waals surface area contributed by atoms with Gasteiger partial charge in [0.25, 0.3) is 0 Å². The van der Waals surface area contributed by atoms with Gasteiger partial charge < -0.3 is 25.4 Å². The number of hydrogen-bond donors (Lipinski definition) is 3. The highest BCUT2D eigenvalue weighted by molar-refractivity contribution is 9.10. The number of nitrogens with zero attached hydrogens (tertiary/aromatic N) is 3. The first kappa shape index (κ1) is 31.0. The van der Waals surface area contributed by atoms with Gasteiger partial charge in [-0.1, -0.05) is 48.5 Å². The van der Waals surface area contributed by atoms with Crippen LogP contribution in [0.1, 0.15) is 11.1 Å². The number of halogens is 1. The number of ether oxygens (including phenoxy) is 1. The van der Waals surface area contributed by atoms with Crippen LogP contribution >= 0.6 is 15.9 Å². The quantitative estimate of drug-likeness (QED) is 0.270. The van der Waals surface area contributed by atoms with Gasteiger partial charge in [-0.25, -0.2) is 4.79 Å². The van der Waals surface area contributed by atoms with Crippen molar-refractivity contribution in [2.75, 3.05) is 63.6 Å². The molecule has 1 saturated heterocycles. The van der Waals surface area contributed by atoms with Crippen molar-refractivity contribution < 1.29 is 24.2 Å². The minimum Gasteiger partial charge on any atom is -0.495 e. The Kier molecular flexibility index (Phi) is 11.3. The largest absolute Gasteiger partial charge is 0.495 e. The van der Waals surface area contributed by atoms with E-state index in [2.05, 4.69) is 31.5 Å². The third kappa shape index (κ3) is 9.30. The maximum absolute atomic E-state index is 13.6. The van der Waals surface area contributed by atoms with E-state index in [1.54, 1.807) is 18.2 Å². The Bertz CT molecular complexity index is 1360. The van der Waals surface area contributed by atoms with Crippen LogP contribution in [0.15, 0.2) is 77.3 Å². The van der Waals surface area contributed by atoms with Gasteiger partial charge in [0, 0.05) is 50.3 Å². The Morgan fingerprint density at radius 2 is 1.55 bits per heavy atom. The number of carbonyl (C=O) groups is 3. The number of benzene rings is 3. The molecule has 1 aliphatic rings. The molecule has 222 valence electrons. The Hall–Kier alpha value is -3.93. The molecule has 3 aromatic rings. The Balaban J connectivity index is 1.38. The minimum atomic E-state index is -0.813. The number of carboxylic acids is 1. The van der Waals surface area contributed by atoms with E-state index in [-0.39, 0.29) is 18.9 Å². The van der Waals surface area contributed by atoms with Crippen molar-refractivity contribution in [3.63, 3.8) is 0 Å². The Morgan fingerprint density at radius 3 is 2.24 bits per heavy atom. The first-order valence-corrected chi connectivity index (χ1v) is 14.6. The van der Waals surface area contributed by atoms with Crippen molar-refractivity contribution in [3.05, 3.63) is 88.4 Å². The molecule has 0 radical (unpaired) electrons. The third-order valence-electron chi connectivity index (χ3n) is 7.07. The van der Waals surface area contributed by atoms with Crippen molar-refractivity contribution in [2.45, 2.75) is 13.0 Å². The van der Waals surface area contributed by atoms with Crippen LogP contribution in [0.3, 0.4) is 0 Å². The summed E-state index contributed by atoms with van der Waals surface area (Å²) in [4.78, 5) is 43.3. The molecule has 0 atom stereocenters.